The van der Waals surface area contributed by atoms with Crippen molar-refractivity contribution in [3.8, 4) is 0 Å². The first kappa shape index (κ1) is 13.7. The maximum atomic E-state index is 12.7. The maximum Gasteiger partial charge on any atom is 0.253 e. The van der Waals surface area contributed by atoms with Gasteiger partial charge >= 0.3 is 0 Å². The Morgan fingerprint density at radius 3 is 2.95 bits per heavy atom. The van der Waals surface area contributed by atoms with Crippen LogP contribution in [0, 0.1) is 6.92 Å². The van der Waals surface area contributed by atoms with E-state index in [2.05, 4.69) is 9.97 Å². The van der Waals surface area contributed by atoms with Crippen molar-refractivity contribution in [1.82, 2.24) is 14.3 Å². The van der Waals surface area contributed by atoms with Crippen LogP contribution in [0.5, 0.6) is 0 Å². The van der Waals surface area contributed by atoms with Crippen LogP contribution in [0.25, 0.3) is 0 Å². The van der Waals surface area contributed by atoms with E-state index in [4.69, 9.17) is 0 Å². The number of nitrogens with zero attached hydrogens (tertiary/aromatic N) is 3. The SMILES string of the molecule is Cc1nccc(C2CCCN2S(=O)(=O)c2cccs2)n1. The molecule has 0 aromatic carbocycles. The Morgan fingerprint density at radius 2 is 2.25 bits per heavy atom. The molecule has 7 heteroatoms. The molecule has 0 spiro atoms. The highest BCUT2D eigenvalue weighted by Crippen LogP contribution is 2.36. The number of aryl methyl sites for hydroxylation is 1. The Hall–Kier alpha value is -1.31. The lowest BCUT2D eigenvalue weighted by Gasteiger charge is -2.22. The van der Waals surface area contributed by atoms with Crippen molar-refractivity contribution in [3.63, 3.8) is 0 Å². The fraction of sp³-hybridized carbons (Fsp3) is 0.385. The Kier molecular flexibility index (Phi) is 3.57. The van der Waals surface area contributed by atoms with Crippen LogP contribution in [0.4, 0.5) is 0 Å². The summed E-state index contributed by atoms with van der Waals surface area (Å²) in [5.41, 5.74) is 0.787. The van der Waals surface area contributed by atoms with Crippen LogP contribution in [-0.2, 0) is 10.0 Å². The van der Waals surface area contributed by atoms with Gasteiger partial charge in [0, 0.05) is 12.7 Å². The summed E-state index contributed by atoms with van der Waals surface area (Å²) >= 11 is 1.25. The molecule has 5 nitrogen and oxygen atoms in total. The van der Waals surface area contributed by atoms with Gasteiger partial charge in [0.25, 0.3) is 10.0 Å². The fourth-order valence-electron chi connectivity index (χ4n) is 2.51. The Bertz CT molecular complexity index is 698. The number of rotatable bonds is 3. The van der Waals surface area contributed by atoms with Crippen LogP contribution in [0.2, 0.25) is 0 Å². The molecule has 0 bridgehead atoms. The molecule has 106 valence electrons. The normalized spacial score (nSPS) is 20.4. The summed E-state index contributed by atoms with van der Waals surface area (Å²) in [7, 11) is -3.41. The summed E-state index contributed by atoms with van der Waals surface area (Å²) in [5.74, 6) is 0.669. The standard InChI is InChI=1S/C13H15N3O2S2/c1-10-14-7-6-11(15-10)12-4-2-8-16(12)20(17,18)13-5-3-9-19-13/h3,5-7,9,12H,2,4,8H2,1H3. The largest absolute Gasteiger partial charge is 0.253 e. The second kappa shape index (κ2) is 5.23. The minimum absolute atomic E-state index is 0.177. The van der Waals surface area contributed by atoms with Gasteiger partial charge in [0.1, 0.15) is 10.0 Å². The number of hydrogen-bond donors (Lipinski definition) is 0. The van der Waals surface area contributed by atoms with Gasteiger partial charge in [-0.15, -0.1) is 11.3 Å². The molecule has 20 heavy (non-hydrogen) atoms. The van der Waals surface area contributed by atoms with E-state index in [1.54, 1.807) is 34.1 Å². The minimum atomic E-state index is -3.41. The minimum Gasteiger partial charge on any atom is -0.242 e. The highest BCUT2D eigenvalue weighted by atomic mass is 32.2. The van der Waals surface area contributed by atoms with E-state index in [0.717, 1.165) is 18.5 Å². The summed E-state index contributed by atoms with van der Waals surface area (Å²) < 4.78 is 27.3. The van der Waals surface area contributed by atoms with Crippen molar-refractivity contribution >= 4 is 21.4 Å². The van der Waals surface area contributed by atoms with Crippen molar-refractivity contribution in [2.45, 2.75) is 30.0 Å². The predicted octanol–water partition coefficient (Wildman–Crippen LogP) is 2.37. The zero-order valence-electron chi connectivity index (χ0n) is 11.1. The number of thiophene rings is 1. The summed E-state index contributed by atoms with van der Waals surface area (Å²) in [6, 6.07) is 5.04. The lowest BCUT2D eigenvalue weighted by atomic mass is 10.1. The molecule has 3 rings (SSSR count). The van der Waals surface area contributed by atoms with E-state index in [0.29, 0.717) is 16.6 Å². The molecule has 0 N–H and O–H groups in total. The van der Waals surface area contributed by atoms with Crippen molar-refractivity contribution in [1.29, 1.82) is 0 Å². The first-order valence-corrected chi connectivity index (χ1v) is 8.76. The summed E-state index contributed by atoms with van der Waals surface area (Å²) in [6.45, 7) is 2.37. The van der Waals surface area contributed by atoms with Crippen LogP contribution in [0.1, 0.15) is 30.4 Å². The summed E-state index contributed by atoms with van der Waals surface area (Å²) in [6.07, 6.45) is 3.35. The summed E-state index contributed by atoms with van der Waals surface area (Å²) in [5, 5.41) is 1.78. The van der Waals surface area contributed by atoms with Crippen LogP contribution in [0.3, 0.4) is 0 Å². The lowest BCUT2D eigenvalue weighted by Crippen LogP contribution is -2.30. The topological polar surface area (TPSA) is 63.2 Å². The Balaban J connectivity index is 1.98. The zero-order valence-corrected chi connectivity index (χ0v) is 12.7. The molecular formula is C13H15N3O2S2. The van der Waals surface area contributed by atoms with Gasteiger partial charge in [0.15, 0.2) is 0 Å². The van der Waals surface area contributed by atoms with Crippen molar-refractivity contribution in [2.24, 2.45) is 0 Å². The second-order valence-corrected chi connectivity index (χ2v) is 7.80. The number of sulfonamides is 1. The van der Waals surface area contributed by atoms with Gasteiger partial charge in [0.2, 0.25) is 0 Å². The van der Waals surface area contributed by atoms with E-state index in [1.165, 1.54) is 11.3 Å². The number of aromatic nitrogens is 2. The zero-order chi connectivity index (χ0) is 14.2. The van der Waals surface area contributed by atoms with Crippen molar-refractivity contribution < 1.29 is 8.42 Å². The fourth-order valence-corrected chi connectivity index (χ4v) is 5.30. The van der Waals surface area contributed by atoms with Gasteiger partial charge in [-0.3, -0.25) is 0 Å². The second-order valence-electron chi connectivity index (χ2n) is 4.73. The molecule has 1 unspecified atom stereocenters. The average molecular weight is 309 g/mol. The van der Waals surface area contributed by atoms with Crippen LogP contribution in [-0.4, -0.2) is 29.2 Å². The van der Waals surface area contributed by atoms with Crippen LogP contribution in [0.15, 0.2) is 34.0 Å². The first-order chi connectivity index (χ1) is 9.59. The van der Waals surface area contributed by atoms with Gasteiger partial charge in [-0.2, -0.15) is 4.31 Å². The third-order valence-corrected chi connectivity index (χ3v) is 6.68. The lowest BCUT2D eigenvalue weighted by molar-refractivity contribution is 0.390. The maximum absolute atomic E-state index is 12.7. The van der Waals surface area contributed by atoms with E-state index in [9.17, 15) is 8.42 Å². The van der Waals surface area contributed by atoms with Crippen molar-refractivity contribution in [3.05, 3.63) is 41.3 Å². The van der Waals surface area contributed by atoms with E-state index in [-0.39, 0.29) is 6.04 Å². The molecule has 0 saturated carbocycles. The molecule has 2 aromatic rings. The molecule has 1 aliphatic rings. The van der Waals surface area contributed by atoms with Gasteiger partial charge in [0.05, 0.1) is 11.7 Å². The van der Waals surface area contributed by atoms with Crippen LogP contribution < -0.4 is 0 Å². The molecule has 0 radical (unpaired) electrons. The molecule has 3 heterocycles. The van der Waals surface area contributed by atoms with Gasteiger partial charge in [-0.1, -0.05) is 6.07 Å². The molecular weight excluding hydrogens is 294 g/mol. The Morgan fingerprint density at radius 1 is 1.40 bits per heavy atom. The van der Waals surface area contributed by atoms with Gasteiger partial charge in [-0.05, 0) is 37.3 Å². The highest BCUT2D eigenvalue weighted by Gasteiger charge is 2.37. The highest BCUT2D eigenvalue weighted by molar-refractivity contribution is 7.91. The molecule has 1 saturated heterocycles. The monoisotopic (exact) mass is 309 g/mol. The smallest absolute Gasteiger partial charge is 0.242 e. The first-order valence-electron chi connectivity index (χ1n) is 6.44. The Labute approximate surface area is 122 Å². The van der Waals surface area contributed by atoms with Crippen LogP contribution >= 0.6 is 11.3 Å². The third kappa shape index (κ3) is 2.36. The van der Waals surface area contributed by atoms with E-state index < -0.39 is 10.0 Å². The molecule has 2 aromatic heterocycles. The van der Waals surface area contributed by atoms with E-state index >= 15 is 0 Å². The van der Waals surface area contributed by atoms with Gasteiger partial charge < -0.3 is 0 Å². The number of hydrogen-bond acceptors (Lipinski definition) is 5. The van der Waals surface area contributed by atoms with E-state index in [1.807, 2.05) is 6.92 Å². The molecule has 0 aliphatic carbocycles. The molecule has 1 aliphatic heterocycles. The molecule has 1 fully saturated rings. The van der Waals surface area contributed by atoms with Gasteiger partial charge in [-0.25, -0.2) is 18.4 Å². The predicted molar refractivity (Wildman–Crippen MR) is 77.0 cm³/mol. The molecule has 0 amide bonds. The molecule has 1 atom stereocenters. The van der Waals surface area contributed by atoms with Crippen molar-refractivity contribution in [2.75, 3.05) is 6.54 Å². The third-order valence-electron chi connectivity index (χ3n) is 3.40. The summed E-state index contributed by atoms with van der Waals surface area (Å²) in [4.78, 5) is 8.46. The average Bonchev–Trinajstić information content (AvgIpc) is 3.11. The quantitative estimate of drug-likeness (QED) is 0.873.